The Morgan fingerprint density at radius 2 is 1.87 bits per heavy atom. The van der Waals surface area contributed by atoms with Gasteiger partial charge in [-0.2, -0.15) is 0 Å². The van der Waals surface area contributed by atoms with Crippen LogP contribution >= 0.6 is 0 Å². The summed E-state index contributed by atoms with van der Waals surface area (Å²) in [5, 5.41) is 28.0. The fourth-order valence-electron chi connectivity index (χ4n) is 1.89. The van der Waals surface area contributed by atoms with E-state index in [1.807, 2.05) is 11.0 Å². The lowest BCUT2D eigenvalue weighted by molar-refractivity contribution is 0.0572. The average Bonchev–Trinajstić information content (AvgIpc) is 2.45. The molecule has 1 heterocycles. The lowest BCUT2D eigenvalue weighted by Gasteiger charge is -2.14. The molecule has 1 saturated heterocycles. The van der Waals surface area contributed by atoms with E-state index in [1.54, 1.807) is 18.2 Å². The average molecular weight is 209 g/mol. The van der Waals surface area contributed by atoms with Gasteiger partial charge in [0.15, 0.2) is 0 Å². The molecule has 82 valence electrons. The Bertz CT molecular complexity index is 332. The Kier molecular flexibility index (Phi) is 2.90. The maximum atomic E-state index is 9.36. The van der Waals surface area contributed by atoms with Crippen LogP contribution in [-0.2, 0) is 6.54 Å². The number of phenolic OH excluding ortho intramolecular Hbond substituents is 1. The zero-order chi connectivity index (χ0) is 10.8. The first-order chi connectivity index (χ1) is 7.15. The molecule has 3 N–H and O–H groups in total. The third kappa shape index (κ3) is 2.47. The molecule has 2 unspecified atom stereocenters. The van der Waals surface area contributed by atoms with Crippen LogP contribution in [0.15, 0.2) is 24.3 Å². The van der Waals surface area contributed by atoms with E-state index in [-0.39, 0.29) is 5.75 Å². The zero-order valence-corrected chi connectivity index (χ0v) is 8.37. The van der Waals surface area contributed by atoms with Crippen LogP contribution in [0.1, 0.15) is 5.56 Å². The van der Waals surface area contributed by atoms with Crippen LogP contribution in [0.5, 0.6) is 5.75 Å². The summed E-state index contributed by atoms with van der Waals surface area (Å²) >= 11 is 0. The summed E-state index contributed by atoms with van der Waals surface area (Å²) in [7, 11) is 0. The van der Waals surface area contributed by atoms with Gasteiger partial charge in [-0.1, -0.05) is 12.1 Å². The number of benzene rings is 1. The van der Waals surface area contributed by atoms with Crippen molar-refractivity contribution in [2.75, 3.05) is 13.1 Å². The van der Waals surface area contributed by atoms with E-state index in [1.165, 1.54) is 0 Å². The van der Waals surface area contributed by atoms with Crippen LogP contribution in [0.4, 0.5) is 0 Å². The molecule has 1 fully saturated rings. The number of phenols is 1. The largest absolute Gasteiger partial charge is 0.508 e. The van der Waals surface area contributed by atoms with Crippen molar-refractivity contribution in [2.24, 2.45) is 0 Å². The zero-order valence-electron chi connectivity index (χ0n) is 8.37. The summed E-state index contributed by atoms with van der Waals surface area (Å²) < 4.78 is 0. The number of nitrogens with zero attached hydrogens (tertiary/aromatic N) is 1. The second kappa shape index (κ2) is 4.18. The van der Waals surface area contributed by atoms with Gasteiger partial charge in [0, 0.05) is 19.6 Å². The van der Waals surface area contributed by atoms with Crippen molar-refractivity contribution in [1.29, 1.82) is 0 Å². The monoisotopic (exact) mass is 209 g/mol. The molecule has 0 aliphatic carbocycles. The number of likely N-dealkylation sites (tertiary alicyclic amines) is 1. The number of β-amino-alcohol motifs (C(OH)–C–C–N with tert-alkyl or cyclic N) is 2. The second-order valence-electron chi connectivity index (χ2n) is 4.00. The molecule has 0 radical (unpaired) electrons. The molecule has 4 heteroatoms. The van der Waals surface area contributed by atoms with Crippen LogP contribution in [0, 0.1) is 0 Å². The van der Waals surface area contributed by atoms with Crippen LogP contribution in [0.25, 0.3) is 0 Å². The van der Waals surface area contributed by atoms with Gasteiger partial charge in [-0.15, -0.1) is 0 Å². The first-order valence-electron chi connectivity index (χ1n) is 5.01. The number of aliphatic hydroxyl groups is 2. The minimum atomic E-state index is -0.651. The molecule has 2 atom stereocenters. The number of hydrogen-bond donors (Lipinski definition) is 3. The van der Waals surface area contributed by atoms with Crippen LogP contribution in [0.3, 0.4) is 0 Å². The number of rotatable bonds is 2. The second-order valence-corrected chi connectivity index (χ2v) is 4.00. The highest BCUT2D eigenvalue weighted by Crippen LogP contribution is 2.16. The van der Waals surface area contributed by atoms with Gasteiger partial charge in [-0.3, -0.25) is 4.90 Å². The van der Waals surface area contributed by atoms with Gasteiger partial charge >= 0.3 is 0 Å². The predicted octanol–water partition coefficient (Wildman–Crippen LogP) is -0.0704. The van der Waals surface area contributed by atoms with Gasteiger partial charge in [0.25, 0.3) is 0 Å². The van der Waals surface area contributed by atoms with Crippen molar-refractivity contribution in [1.82, 2.24) is 4.90 Å². The normalized spacial score (nSPS) is 27.1. The molecule has 1 aliphatic heterocycles. The first-order valence-corrected chi connectivity index (χ1v) is 5.01. The first kappa shape index (κ1) is 10.4. The molecule has 1 aromatic rings. The van der Waals surface area contributed by atoms with Crippen molar-refractivity contribution >= 4 is 0 Å². The molecular weight excluding hydrogens is 194 g/mol. The van der Waals surface area contributed by atoms with E-state index in [2.05, 4.69) is 0 Å². The van der Waals surface area contributed by atoms with Crippen LogP contribution in [0.2, 0.25) is 0 Å². The van der Waals surface area contributed by atoms with Crippen molar-refractivity contribution in [3.8, 4) is 5.75 Å². The predicted molar refractivity (Wildman–Crippen MR) is 55.4 cm³/mol. The fraction of sp³-hybridized carbons (Fsp3) is 0.455. The molecular formula is C11H15NO3. The van der Waals surface area contributed by atoms with Gasteiger partial charge in [-0.25, -0.2) is 0 Å². The summed E-state index contributed by atoms with van der Waals surface area (Å²) in [6.45, 7) is 1.61. The topological polar surface area (TPSA) is 63.9 Å². The minimum Gasteiger partial charge on any atom is -0.508 e. The van der Waals surface area contributed by atoms with Crippen molar-refractivity contribution in [2.45, 2.75) is 18.8 Å². The third-order valence-corrected chi connectivity index (χ3v) is 2.65. The molecule has 2 rings (SSSR count). The van der Waals surface area contributed by atoms with E-state index in [9.17, 15) is 15.3 Å². The van der Waals surface area contributed by atoms with E-state index < -0.39 is 12.2 Å². The van der Waals surface area contributed by atoms with Crippen molar-refractivity contribution in [3.63, 3.8) is 0 Å². The van der Waals surface area contributed by atoms with Gasteiger partial charge in [-0.05, 0) is 17.7 Å². The van der Waals surface area contributed by atoms with Crippen molar-refractivity contribution < 1.29 is 15.3 Å². The molecule has 0 saturated carbocycles. The van der Waals surface area contributed by atoms with E-state index >= 15 is 0 Å². The van der Waals surface area contributed by atoms with Gasteiger partial charge < -0.3 is 15.3 Å². The SMILES string of the molecule is Oc1cccc(CN2CC(O)C(O)C2)c1. The summed E-state index contributed by atoms with van der Waals surface area (Å²) in [6, 6.07) is 7.01. The Labute approximate surface area is 88.4 Å². The maximum absolute atomic E-state index is 9.36. The molecule has 1 aliphatic rings. The van der Waals surface area contributed by atoms with Crippen LogP contribution in [-0.4, -0.2) is 45.5 Å². The fourth-order valence-corrected chi connectivity index (χ4v) is 1.89. The number of aromatic hydroxyl groups is 1. The molecule has 0 spiro atoms. The van der Waals surface area contributed by atoms with Gasteiger partial charge in [0.05, 0.1) is 12.2 Å². The smallest absolute Gasteiger partial charge is 0.115 e. The van der Waals surface area contributed by atoms with Gasteiger partial charge in [0.1, 0.15) is 5.75 Å². The van der Waals surface area contributed by atoms with E-state index in [4.69, 9.17) is 0 Å². The molecule has 15 heavy (non-hydrogen) atoms. The van der Waals surface area contributed by atoms with E-state index in [0.717, 1.165) is 5.56 Å². The molecule has 1 aromatic carbocycles. The highest BCUT2D eigenvalue weighted by molar-refractivity contribution is 5.27. The molecule has 0 aromatic heterocycles. The van der Waals surface area contributed by atoms with Gasteiger partial charge in [0.2, 0.25) is 0 Å². The lowest BCUT2D eigenvalue weighted by atomic mass is 10.2. The Hall–Kier alpha value is -1.10. The lowest BCUT2D eigenvalue weighted by Crippen LogP contribution is -2.22. The summed E-state index contributed by atoms with van der Waals surface area (Å²) in [5.74, 6) is 0.243. The third-order valence-electron chi connectivity index (χ3n) is 2.65. The molecule has 0 amide bonds. The van der Waals surface area contributed by atoms with Crippen LogP contribution < -0.4 is 0 Å². The minimum absolute atomic E-state index is 0.243. The quantitative estimate of drug-likeness (QED) is 0.638. The number of hydrogen-bond acceptors (Lipinski definition) is 4. The van der Waals surface area contributed by atoms with Crippen molar-refractivity contribution in [3.05, 3.63) is 29.8 Å². The molecule has 0 bridgehead atoms. The maximum Gasteiger partial charge on any atom is 0.115 e. The standard InChI is InChI=1S/C11H15NO3/c13-9-3-1-2-8(4-9)5-12-6-10(14)11(15)7-12/h1-4,10-11,13-15H,5-7H2. The summed E-state index contributed by atoms with van der Waals surface area (Å²) in [4.78, 5) is 1.96. The highest BCUT2D eigenvalue weighted by atomic mass is 16.3. The Balaban J connectivity index is 1.98. The summed E-state index contributed by atoms with van der Waals surface area (Å²) in [6.07, 6.45) is -1.30. The Morgan fingerprint density at radius 3 is 2.47 bits per heavy atom. The number of aliphatic hydroxyl groups excluding tert-OH is 2. The Morgan fingerprint density at radius 1 is 1.20 bits per heavy atom. The molecule has 4 nitrogen and oxygen atoms in total. The highest BCUT2D eigenvalue weighted by Gasteiger charge is 2.29. The van der Waals surface area contributed by atoms with E-state index in [0.29, 0.717) is 19.6 Å². The summed E-state index contributed by atoms with van der Waals surface area (Å²) in [5.41, 5.74) is 0.983.